The Balaban J connectivity index is 2.00. The molecule has 1 unspecified atom stereocenters. The molecule has 0 aliphatic carbocycles. The first-order valence-electron chi connectivity index (χ1n) is 9.56. The molecule has 0 radical (unpaired) electrons. The third-order valence-electron chi connectivity index (χ3n) is 4.83. The minimum atomic E-state index is -0.950. The van der Waals surface area contributed by atoms with Crippen molar-refractivity contribution in [3.63, 3.8) is 0 Å². The standard InChI is InChI=1S/C21H14ClF3N8O/c1-8(29-18-14(7-26)17(27)31-21(28)32-18)19-30-16-13(5-11(25)6-15(16)22)20(34)33(19)12-3-9(23)2-10(24)4-12/h2-6,8H,1H3,(H5,27,28,29,31,32). The van der Waals surface area contributed by atoms with Crippen LogP contribution in [0.1, 0.15) is 24.4 Å². The van der Waals surface area contributed by atoms with Crippen molar-refractivity contribution < 1.29 is 13.2 Å². The number of aromatic nitrogens is 4. The normalized spacial score (nSPS) is 11.9. The molecule has 2 heterocycles. The molecule has 0 saturated carbocycles. The van der Waals surface area contributed by atoms with E-state index in [0.717, 1.165) is 28.8 Å². The third kappa shape index (κ3) is 4.04. The van der Waals surface area contributed by atoms with Gasteiger partial charge in [-0.1, -0.05) is 11.6 Å². The van der Waals surface area contributed by atoms with Gasteiger partial charge in [0.15, 0.2) is 5.82 Å². The topological polar surface area (TPSA) is 149 Å². The van der Waals surface area contributed by atoms with Crippen LogP contribution in [0.3, 0.4) is 0 Å². The Labute approximate surface area is 194 Å². The van der Waals surface area contributed by atoms with Gasteiger partial charge in [0.1, 0.15) is 40.7 Å². The van der Waals surface area contributed by atoms with Crippen molar-refractivity contribution in [2.24, 2.45) is 0 Å². The molecule has 13 heteroatoms. The summed E-state index contributed by atoms with van der Waals surface area (Å²) in [4.78, 5) is 25.4. The first kappa shape index (κ1) is 22.8. The van der Waals surface area contributed by atoms with Crippen LogP contribution >= 0.6 is 11.6 Å². The lowest BCUT2D eigenvalue weighted by molar-refractivity contribution is 0.579. The van der Waals surface area contributed by atoms with Crippen LogP contribution in [0.25, 0.3) is 16.6 Å². The zero-order valence-corrected chi connectivity index (χ0v) is 18.0. The number of nitriles is 1. The second-order valence-electron chi connectivity index (χ2n) is 7.19. The predicted octanol–water partition coefficient (Wildman–Crippen LogP) is 3.46. The molecule has 0 aliphatic heterocycles. The summed E-state index contributed by atoms with van der Waals surface area (Å²) in [7, 11) is 0. The van der Waals surface area contributed by atoms with E-state index < -0.39 is 29.1 Å². The van der Waals surface area contributed by atoms with Crippen molar-refractivity contribution in [1.29, 1.82) is 5.26 Å². The third-order valence-corrected chi connectivity index (χ3v) is 5.12. The summed E-state index contributed by atoms with van der Waals surface area (Å²) in [5.41, 5.74) is 10.2. The molecular formula is C21H14ClF3N8O. The van der Waals surface area contributed by atoms with E-state index in [1.54, 1.807) is 0 Å². The maximum Gasteiger partial charge on any atom is 0.266 e. The summed E-state index contributed by atoms with van der Waals surface area (Å²) in [5, 5.41) is 11.9. The van der Waals surface area contributed by atoms with Crippen molar-refractivity contribution in [3.05, 3.63) is 74.5 Å². The van der Waals surface area contributed by atoms with Gasteiger partial charge in [-0.25, -0.2) is 18.2 Å². The van der Waals surface area contributed by atoms with Gasteiger partial charge in [-0.05, 0) is 31.2 Å². The molecular weight excluding hydrogens is 473 g/mol. The number of hydrogen-bond acceptors (Lipinski definition) is 8. The quantitative estimate of drug-likeness (QED) is 0.397. The van der Waals surface area contributed by atoms with Gasteiger partial charge in [0, 0.05) is 6.07 Å². The highest BCUT2D eigenvalue weighted by atomic mass is 35.5. The van der Waals surface area contributed by atoms with Crippen LogP contribution in [-0.2, 0) is 0 Å². The lowest BCUT2D eigenvalue weighted by Gasteiger charge is -2.21. The molecule has 0 fully saturated rings. The van der Waals surface area contributed by atoms with E-state index in [4.69, 9.17) is 23.1 Å². The Morgan fingerprint density at radius 1 is 1.06 bits per heavy atom. The van der Waals surface area contributed by atoms with Crippen LogP contribution in [0.2, 0.25) is 5.02 Å². The van der Waals surface area contributed by atoms with Gasteiger partial charge >= 0.3 is 0 Å². The fraction of sp³-hybridized carbons (Fsp3) is 0.0952. The van der Waals surface area contributed by atoms with Crippen molar-refractivity contribution in [1.82, 2.24) is 19.5 Å². The summed E-state index contributed by atoms with van der Waals surface area (Å²) in [6.07, 6.45) is 0. The second kappa shape index (κ2) is 8.53. The van der Waals surface area contributed by atoms with Crippen molar-refractivity contribution in [2.45, 2.75) is 13.0 Å². The maximum atomic E-state index is 14.0. The number of benzene rings is 2. The number of nitrogens with two attached hydrogens (primary N) is 2. The summed E-state index contributed by atoms with van der Waals surface area (Å²) in [5.74, 6) is -3.23. The summed E-state index contributed by atoms with van der Waals surface area (Å²) < 4.78 is 42.9. The largest absolute Gasteiger partial charge is 0.382 e. The average Bonchev–Trinajstić information content (AvgIpc) is 2.73. The van der Waals surface area contributed by atoms with Crippen LogP contribution in [0, 0.1) is 28.8 Å². The molecule has 0 saturated heterocycles. The molecule has 0 amide bonds. The van der Waals surface area contributed by atoms with Crippen LogP contribution in [0.5, 0.6) is 0 Å². The van der Waals surface area contributed by atoms with E-state index >= 15 is 0 Å². The Hall–Kier alpha value is -4.37. The number of rotatable bonds is 4. The number of fused-ring (bicyclic) bond motifs is 1. The van der Waals surface area contributed by atoms with Crippen molar-refractivity contribution >= 4 is 40.1 Å². The summed E-state index contributed by atoms with van der Waals surface area (Å²) in [6, 6.07) is 5.28. The molecule has 2 aromatic heterocycles. The monoisotopic (exact) mass is 486 g/mol. The molecule has 5 N–H and O–H groups in total. The molecule has 0 spiro atoms. The first-order chi connectivity index (χ1) is 16.1. The van der Waals surface area contributed by atoms with Gasteiger partial charge in [0.25, 0.3) is 5.56 Å². The van der Waals surface area contributed by atoms with Gasteiger partial charge < -0.3 is 16.8 Å². The summed E-state index contributed by atoms with van der Waals surface area (Å²) >= 11 is 6.12. The average molecular weight is 487 g/mol. The Morgan fingerprint density at radius 3 is 2.35 bits per heavy atom. The fourth-order valence-corrected chi connectivity index (χ4v) is 3.67. The fourth-order valence-electron chi connectivity index (χ4n) is 3.42. The smallest absolute Gasteiger partial charge is 0.266 e. The minimum absolute atomic E-state index is 0.0351. The molecule has 9 nitrogen and oxygen atoms in total. The Kier molecular flexibility index (Phi) is 5.72. The van der Waals surface area contributed by atoms with E-state index in [-0.39, 0.29) is 50.6 Å². The van der Waals surface area contributed by atoms with E-state index in [1.807, 2.05) is 6.07 Å². The minimum Gasteiger partial charge on any atom is -0.382 e. The Bertz CT molecular complexity index is 1550. The van der Waals surface area contributed by atoms with E-state index in [1.165, 1.54) is 6.92 Å². The molecule has 34 heavy (non-hydrogen) atoms. The number of hydrogen-bond donors (Lipinski definition) is 3. The van der Waals surface area contributed by atoms with Crippen LogP contribution in [0.4, 0.5) is 30.8 Å². The van der Waals surface area contributed by atoms with Crippen molar-refractivity contribution in [2.75, 3.05) is 16.8 Å². The number of anilines is 3. The van der Waals surface area contributed by atoms with Crippen molar-refractivity contribution in [3.8, 4) is 11.8 Å². The highest BCUT2D eigenvalue weighted by molar-refractivity contribution is 6.35. The Morgan fingerprint density at radius 2 is 1.71 bits per heavy atom. The lowest BCUT2D eigenvalue weighted by atomic mass is 10.2. The predicted molar refractivity (Wildman–Crippen MR) is 120 cm³/mol. The highest BCUT2D eigenvalue weighted by Gasteiger charge is 2.23. The molecule has 172 valence electrons. The molecule has 4 rings (SSSR count). The molecule has 4 aromatic rings. The van der Waals surface area contributed by atoms with Crippen LogP contribution in [0.15, 0.2) is 35.1 Å². The summed E-state index contributed by atoms with van der Waals surface area (Å²) in [6.45, 7) is 1.53. The van der Waals surface area contributed by atoms with Gasteiger partial charge in [-0.15, -0.1) is 0 Å². The maximum absolute atomic E-state index is 14.0. The SMILES string of the molecule is CC(Nc1nc(N)nc(N)c1C#N)c1nc2c(Cl)cc(F)cc2c(=O)n1-c1cc(F)cc(F)c1. The first-order valence-corrected chi connectivity index (χ1v) is 9.94. The van der Waals surface area contributed by atoms with Crippen LogP contribution < -0.4 is 22.3 Å². The number of nitrogen functional groups attached to an aromatic ring is 2. The number of nitrogens with zero attached hydrogens (tertiary/aromatic N) is 5. The number of halogens is 4. The van der Waals surface area contributed by atoms with Gasteiger partial charge in [0.05, 0.1) is 27.7 Å². The molecule has 0 bridgehead atoms. The molecule has 2 aromatic carbocycles. The molecule has 0 aliphatic rings. The zero-order chi connectivity index (χ0) is 24.7. The van der Waals surface area contributed by atoms with E-state index in [2.05, 4.69) is 20.3 Å². The second-order valence-corrected chi connectivity index (χ2v) is 7.60. The van der Waals surface area contributed by atoms with E-state index in [0.29, 0.717) is 6.07 Å². The highest BCUT2D eigenvalue weighted by Crippen LogP contribution is 2.28. The van der Waals surface area contributed by atoms with Crippen LogP contribution in [-0.4, -0.2) is 19.5 Å². The van der Waals surface area contributed by atoms with Gasteiger partial charge in [0.2, 0.25) is 5.95 Å². The van der Waals surface area contributed by atoms with Gasteiger partial charge in [-0.2, -0.15) is 15.2 Å². The van der Waals surface area contributed by atoms with Gasteiger partial charge in [-0.3, -0.25) is 9.36 Å². The number of nitrogens with one attached hydrogen (secondary N) is 1. The lowest BCUT2D eigenvalue weighted by Crippen LogP contribution is -2.28. The van der Waals surface area contributed by atoms with E-state index in [9.17, 15) is 23.2 Å². The molecule has 1 atom stereocenters. The zero-order valence-electron chi connectivity index (χ0n) is 17.3.